The fourth-order valence-electron chi connectivity index (χ4n) is 0.0911. The molecule has 0 aliphatic rings. The maximum atomic E-state index is 9.78. The van der Waals surface area contributed by atoms with Gasteiger partial charge in [-0.25, -0.2) is 5.21 Å². The largest absolute Gasteiger partial charge is 0.595 e. The molecule has 0 aromatic rings. The van der Waals surface area contributed by atoms with Crippen molar-refractivity contribution in [3.63, 3.8) is 0 Å². The minimum absolute atomic E-state index is 0.00694. The molecule has 0 heterocycles. The summed E-state index contributed by atoms with van der Waals surface area (Å²) in [5, 5.41) is 18.2. The van der Waals surface area contributed by atoms with Crippen LogP contribution >= 0.6 is 0 Å². The van der Waals surface area contributed by atoms with Crippen molar-refractivity contribution in [3.8, 4) is 0 Å². The molecular formula is C3H6N2O2. The van der Waals surface area contributed by atoms with Gasteiger partial charge in [0, 0.05) is 0 Å². The summed E-state index contributed by atoms with van der Waals surface area (Å²) in [4.78, 5) is -0.00694. The molecule has 0 rings (SSSR count). The number of nitrogens with zero attached hydrogens (tertiary/aromatic N) is 2. The quantitative estimate of drug-likeness (QED) is 0.230. The van der Waals surface area contributed by atoms with Crippen molar-refractivity contribution in [3.05, 3.63) is 18.0 Å². The van der Waals surface area contributed by atoms with Crippen molar-refractivity contribution in [2.24, 2.45) is 0 Å². The van der Waals surface area contributed by atoms with Crippen molar-refractivity contribution in [2.45, 2.75) is 0 Å². The average Bonchev–Trinajstić information content (AvgIpc) is 1.65. The van der Waals surface area contributed by atoms with Crippen LogP contribution in [0.2, 0.25) is 0 Å². The Morgan fingerprint density at radius 1 is 1.86 bits per heavy atom. The van der Waals surface area contributed by atoms with Crippen LogP contribution in [0.5, 0.6) is 0 Å². The molecule has 0 radical (unpaired) electrons. The highest BCUT2D eigenvalue weighted by atomic mass is 16.7. The first-order chi connectivity index (χ1) is 3.18. The highest BCUT2D eigenvalue weighted by Gasteiger charge is 1.89. The molecule has 0 fully saturated rings. The van der Waals surface area contributed by atoms with Gasteiger partial charge < -0.3 is 5.21 Å². The molecule has 0 aromatic carbocycles. The van der Waals surface area contributed by atoms with E-state index in [-0.39, 0.29) is 10.0 Å². The highest BCUT2D eigenvalue weighted by molar-refractivity contribution is 5.14. The molecule has 40 valence electrons. The van der Waals surface area contributed by atoms with Crippen LogP contribution in [-0.4, -0.2) is 21.9 Å². The van der Waals surface area contributed by atoms with Gasteiger partial charge in [0.15, 0.2) is 6.72 Å². The smallest absolute Gasteiger partial charge is 0.174 e. The Bertz CT molecular complexity index is 90.9. The topological polar surface area (TPSA) is 49.5 Å². The minimum Gasteiger partial charge on any atom is -0.595 e. The van der Waals surface area contributed by atoms with Gasteiger partial charge >= 0.3 is 0 Å². The van der Waals surface area contributed by atoms with Gasteiger partial charge in [-0.15, -0.1) is 0 Å². The maximum Gasteiger partial charge on any atom is 0.174 e. The van der Waals surface area contributed by atoms with Crippen LogP contribution in [0.25, 0.3) is 0 Å². The second-order valence-corrected chi connectivity index (χ2v) is 0.855. The second kappa shape index (κ2) is 2.20. The van der Waals surface area contributed by atoms with Crippen LogP contribution in [0, 0.1) is 5.21 Å². The highest BCUT2D eigenvalue weighted by Crippen LogP contribution is 1.75. The van der Waals surface area contributed by atoms with E-state index < -0.39 is 0 Å². The Labute approximate surface area is 41.1 Å². The van der Waals surface area contributed by atoms with Gasteiger partial charge in [-0.3, -0.25) is 0 Å². The first-order valence-electron chi connectivity index (χ1n) is 1.57. The predicted octanol–water partition coefficient (Wildman–Crippen LogP) is -0.0530. The van der Waals surface area contributed by atoms with Crippen molar-refractivity contribution < 1.29 is 10.1 Å². The van der Waals surface area contributed by atoms with E-state index in [0.717, 1.165) is 6.20 Å². The summed E-state index contributed by atoms with van der Waals surface area (Å²) < 4.78 is 0. The zero-order chi connectivity index (χ0) is 5.86. The van der Waals surface area contributed by atoms with Crippen LogP contribution in [0.1, 0.15) is 0 Å². The fourth-order valence-corrected chi connectivity index (χ4v) is 0.0911. The van der Waals surface area contributed by atoms with E-state index in [9.17, 15) is 5.21 Å². The molecule has 1 N–H and O–H groups in total. The lowest BCUT2D eigenvalue weighted by atomic mass is 11.1. The summed E-state index contributed by atoms with van der Waals surface area (Å²) in [6.45, 7) is 5.87. The summed E-state index contributed by atoms with van der Waals surface area (Å²) in [6.07, 6.45) is 0.931. The summed E-state index contributed by atoms with van der Waals surface area (Å²) >= 11 is 0. The molecule has 7 heavy (non-hydrogen) atoms. The third-order valence-corrected chi connectivity index (χ3v) is 0.392. The Morgan fingerprint density at radius 2 is 2.29 bits per heavy atom. The van der Waals surface area contributed by atoms with Crippen molar-refractivity contribution in [1.82, 2.24) is 5.17 Å². The Balaban J connectivity index is 3.55. The SMILES string of the molecule is C=CN(O)[N+](=C)[O-]. The summed E-state index contributed by atoms with van der Waals surface area (Å²) in [6, 6.07) is 0. The molecule has 0 aromatic heterocycles. The minimum atomic E-state index is -0.00694. The zero-order valence-corrected chi connectivity index (χ0v) is 3.74. The molecular weight excluding hydrogens is 96.0 g/mol. The van der Waals surface area contributed by atoms with E-state index in [4.69, 9.17) is 5.21 Å². The number of hydrogen-bond acceptors (Lipinski definition) is 3. The van der Waals surface area contributed by atoms with Crippen LogP contribution in [0.4, 0.5) is 0 Å². The van der Waals surface area contributed by atoms with Crippen LogP contribution < -0.4 is 0 Å². The number of hydrazine groups is 1. The van der Waals surface area contributed by atoms with Gasteiger partial charge in [0.2, 0.25) is 0 Å². The lowest BCUT2D eigenvalue weighted by molar-refractivity contribution is -0.689. The van der Waals surface area contributed by atoms with Crippen molar-refractivity contribution in [1.29, 1.82) is 0 Å². The van der Waals surface area contributed by atoms with Crippen LogP contribution in [-0.2, 0) is 0 Å². The monoisotopic (exact) mass is 102 g/mol. The molecule has 0 aliphatic heterocycles. The number of rotatable bonds is 2. The van der Waals surface area contributed by atoms with Crippen molar-refractivity contribution >= 4 is 6.72 Å². The molecule has 0 aliphatic carbocycles. The van der Waals surface area contributed by atoms with Crippen LogP contribution in [0.3, 0.4) is 0 Å². The molecule has 4 nitrogen and oxygen atoms in total. The maximum absolute atomic E-state index is 9.78. The Morgan fingerprint density at radius 3 is 2.29 bits per heavy atom. The fraction of sp³-hybridized carbons (Fsp3) is 0. The van der Waals surface area contributed by atoms with Gasteiger partial charge in [0.25, 0.3) is 0 Å². The van der Waals surface area contributed by atoms with Gasteiger partial charge in [0.1, 0.15) is 0 Å². The first-order valence-corrected chi connectivity index (χ1v) is 1.57. The Hall–Kier alpha value is -1.03. The van der Waals surface area contributed by atoms with E-state index in [0.29, 0.717) is 0 Å². The first kappa shape index (κ1) is 5.97. The molecule has 4 heteroatoms. The molecule has 0 saturated carbocycles. The van der Waals surface area contributed by atoms with E-state index in [1.54, 1.807) is 0 Å². The van der Waals surface area contributed by atoms with E-state index in [2.05, 4.69) is 13.3 Å². The zero-order valence-electron chi connectivity index (χ0n) is 3.74. The number of hydrogen-bond donors (Lipinski definition) is 1. The van der Waals surface area contributed by atoms with Crippen LogP contribution in [0.15, 0.2) is 12.8 Å². The normalized spacial score (nSPS) is 7.57. The van der Waals surface area contributed by atoms with E-state index >= 15 is 0 Å². The van der Waals surface area contributed by atoms with E-state index in [1.165, 1.54) is 0 Å². The molecule has 0 bridgehead atoms. The lowest BCUT2D eigenvalue weighted by Crippen LogP contribution is -2.19. The van der Waals surface area contributed by atoms with E-state index in [1.807, 2.05) is 0 Å². The summed E-state index contributed by atoms with van der Waals surface area (Å²) in [5.74, 6) is 0. The third kappa shape index (κ3) is 1.77. The number of hydroxylamine groups is 1. The summed E-state index contributed by atoms with van der Waals surface area (Å²) in [7, 11) is 0. The average molecular weight is 102 g/mol. The third-order valence-electron chi connectivity index (χ3n) is 0.392. The predicted molar refractivity (Wildman–Crippen MR) is 24.6 cm³/mol. The molecule has 0 amide bonds. The molecule has 0 saturated heterocycles. The van der Waals surface area contributed by atoms with Gasteiger partial charge in [-0.2, -0.15) is 0 Å². The van der Waals surface area contributed by atoms with Crippen molar-refractivity contribution in [2.75, 3.05) is 0 Å². The van der Waals surface area contributed by atoms with Gasteiger partial charge in [-0.1, -0.05) is 11.4 Å². The standard InChI is InChI=1S/C3H6N2O2/c1-3-5(7)4(2)6/h3,7H,1-2H2. The van der Waals surface area contributed by atoms with Gasteiger partial charge in [-0.05, 0) is 5.17 Å². The molecule has 0 unspecified atom stereocenters. The van der Waals surface area contributed by atoms with Gasteiger partial charge in [0.05, 0.1) is 6.20 Å². The molecule has 0 spiro atoms. The summed E-state index contributed by atoms with van der Waals surface area (Å²) in [5.41, 5.74) is 0. The molecule has 0 atom stereocenters. The lowest BCUT2D eigenvalue weighted by Gasteiger charge is -2.04. The number of hydrazone groups is 1. The Kier molecular flexibility index (Phi) is 1.87. The second-order valence-electron chi connectivity index (χ2n) is 0.855.